The average molecular weight is 685 g/mol. The summed E-state index contributed by atoms with van der Waals surface area (Å²) in [5.41, 5.74) is 18.0. The van der Waals surface area contributed by atoms with Gasteiger partial charge in [0.1, 0.15) is 0 Å². The molecule has 54 heavy (non-hydrogen) atoms. The molecule has 1 aliphatic rings. The van der Waals surface area contributed by atoms with E-state index >= 15 is 0 Å². The smallest absolute Gasteiger partial charge is 0.0973 e. The van der Waals surface area contributed by atoms with E-state index in [9.17, 15) is 0 Å². The molecule has 0 atom stereocenters. The van der Waals surface area contributed by atoms with Crippen molar-refractivity contribution in [2.24, 2.45) is 0 Å². The quantitative estimate of drug-likeness (QED) is 0.180. The highest BCUT2D eigenvalue weighted by atomic mass is 14.8. The zero-order chi connectivity index (χ0) is 35.6. The Kier molecular flexibility index (Phi) is 6.90. The fourth-order valence-corrected chi connectivity index (χ4v) is 8.73. The van der Waals surface area contributed by atoms with E-state index in [1.165, 1.54) is 66.1 Å². The molecule has 0 aliphatic heterocycles. The molecule has 10 aromatic rings. The highest BCUT2D eigenvalue weighted by Gasteiger charge is 2.31. The number of hydrogen-bond acceptors (Lipinski definition) is 2. The van der Waals surface area contributed by atoms with Crippen LogP contribution in [0, 0.1) is 0 Å². The van der Waals surface area contributed by atoms with E-state index in [-0.39, 0.29) is 0 Å². The lowest BCUT2D eigenvalue weighted by Gasteiger charge is -2.20. The van der Waals surface area contributed by atoms with Crippen LogP contribution in [0.25, 0.3) is 111 Å². The van der Waals surface area contributed by atoms with E-state index in [0.717, 1.165) is 44.7 Å². The maximum absolute atomic E-state index is 5.49. The van der Waals surface area contributed by atoms with Gasteiger partial charge in [-0.25, -0.2) is 9.97 Å². The van der Waals surface area contributed by atoms with E-state index in [0.29, 0.717) is 0 Å². The third-order valence-electron chi connectivity index (χ3n) is 11.0. The molecule has 0 fully saturated rings. The molecule has 0 bridgehead atoms. The van der Waals surface area contributed by atoms with Gasteiger partial charge in [0.05, 0.1) is 22.4 Å². The van der Waals surface area contributed by atoms with Crippen LogP contribution in [0.3, 0.4) is 0 Å². The molecule has 0 radical (unpaired) electrons. The van der Waals surface area contributed by atoms with Crippen LogP contribution < -0.4 is 0 Å². The molecule has 0 saturated heterocycles. The lowest BCUT2D eigenvalue weighted by molar-refractivity contribution is 1.29. The van der Waals surface area contributed by atoms with Gasteiger partial charge >= 0.3 is 0 Å². The SMILES string of the molecule is c1ccc(-c2nc3cccc(-c4ccc5c6c(cccc46)-c4c-5c(-c5ccccc5)c5ccccc5c4-c4ccccc4)c3nc2-c2ccccc2)cc1. The monoisotopic (exact) mass is 684 g/mol. The molecule has 1 aromatic heterocycles. The standard InChI is InChI=1S/C52H32N2/c1-5-17-33(18-6-1)45-39-25-13-14-26-40(39)46(34-19-7-2-8-20-34)49-43-32-31-37(38-27-15-29-42(47(38)43)48(45)49)41-28-16-30-44-52(41)54-51(36-23-11-4-12-24-36)50(53-44)35-21-9-3-10-22-35/h1-32H. The Morgan fingerprint density at radius 2 is 0.685 bits per heavy atom. The average Bonchev–Trinajstić information content (AvgIpc) is 3.58. The van der Waals surface area contributed by atoms with Crippen molar-refractivity contribution in [3.8, 4) is 78.1 Å². The molecule has 0 saturated carbocycles. The van der Waals surface area contributed by atoms with Crippen molar-refractivity contribution in [2.45, 2.75) is 0 Å². The second-order valence-electron chi connectivity index (χ2n) is 14.0. The van der Waals surface area contributed by atoms with Gasteiger partial charge in [-0.1, -0.05) is 188 Å². The molecule has 2 nitrogen and oxygen atoms in total. The number of nitrogens with zero attached hydrogens (tertiary/aromatic N) is 2. The van der Waals surface area contributed by atoms with Crippen molar-refractivity contribution in [1.29, 1.82) is 0 Å². The van der Waals surface area contributed by atoms with Crippen LogP contribution in [0.5, 0.6) is 0 Å². The fraction of sp³-hybridized carbons (Fsp3) is 0. The van der Waals surface area contributed by atoms with Gasteiger partial charge in [-0.05, 0) is 77.7 Å². The zero-order valence-corrected chi connectivity index (χ0v) is 29.4. The third kappa shape index (κ3) is 4.60. The molecular weight excluding hydrogens is 653 g/mol. The lowest BCUT2D eigenvalue weighted by Crippen LogP contribution is -1.97. The number of benzene rings is 9. The van der Waals surface area contributed by atoms with Gasteiger partial charge in [0, 0.05) is 16.7 Å². The first-order valence-electron chi connectivity index (χ1n) is 18.5. The summed E-state index contributed by atoms with van der Waals surface area (Å²) in [6.45, 7) is 0. The maximum Gasteiger partial charge on any atom is 0.0973 e. The number of aromatic nitrogens is 2. The van der Waals surface area contributed by atoms with Crippen LogP contribution in [0.15, 0.2) is 194 Å². The number of para-hydroxylation sites is 1. The largest absolute Gasteiger partial charge is 0.244 e. The van der Waals surface area contributed by atoms with E-state index in [4.69, 9.17) is 9.97 Å². The van der Waals surface area contributed by atoms with Gasteiger partial charge in [0.25, 0.3) is 0 Å². The normalized spacial score (nSPS) is 11.7. The van der Waals surface area contributed by atoms with Crippen molar-refractivity contribution in [3.63, 3.8) is 0 Å². The molecule has 2 heteroatoms. The summed E-state index contributed by atoms with van der Waals surface area (Å²) >= 11 is 0. The zero-order valence-electron chi connectivity index (χ0n) is 29.4. The molecule has 250 valence electrons. The van der Waals surface area contributed by atoms with Crippen molar-refractivity contribution in [2.75, 3.05) is 0 Å². The first kappa shape index (κ1) is 30.5. The topological polar surface area (TPSA) is 25.8 Å². The van der Waals surface area contributed by atoms with Gasteiger partial charge < -0.3 is 0 Å². The first-order valence-corrected chi connectivity index (χ1v) is 18.5. The molecule has 9 aromatic carbocycles. The van der Waals surface area contributed by atoms with Crippen molar-refractivity contribution < 1.29 is 0 Å². The van der Waals surface area contributed by atoms with Crippen molar-refractivity contribution >= 4 is 32.6 Å². The van der Waals surface area contributed by atoms with Gasteiger partial charge in [-0.15, -0.1) is 0 Å². The van der Waals surface area contributed by atoms with Crippen LogP contribution in [0.1, 0.15) is 0 Å². The summed E-state index contributed by atoms with van der Waals surface area (Å²) in [6, 6.07) is 69.5. The Hall–Kier alpha value is -7.16. The highest BCUT2D eigenvalue weighted by Crippen LogP contribution is 2.58. The fourth-order valence-electron chi connectivity index (χ4n) is 8.73. The Labute approximate surface area is 313 Å². The minimum absolute atomic E-state index is 0.876. The van der Waals surface area contributed by atoms with E-state index in [2.05, 4.69) is 182 Å². The molecule has 0 N–H and O–H groups in total. The van der Waals surface area contributed by atoms with Crippen LogP contribution >= 0.6 is 0 Å². The third-order valence-corrected chi connectivity index (χ3v) is 11.0. The number of hydrogen-bond donors (Lipinski definition) is 0. The van der Waals surface area contributed by atoms with Crippen molar-refractivity contribution in [3.05, 3.63) is 194 Å². The summed E-state index contributed by atoms with van der Waals surface area (Å²) < 4.78 is 0. The maximum atomic E-state index is 5.49. The summed E-state index contributed by atoms with van der Waals surface area (Å²) in [7, 11) is 0. The predicted octanol–water partition coefficient (Wildman–Crippen LogP) is 13.9. The molecule has 0 spiro atoms. The lowest BCUT2D eigenvalue weighted by atomic mass is 9.82. The Bertz CT molecular complexity index is 2970. The van der Waals surface area contributed by atoms with E-state index < -0.39 is 0 Å². The Balaban J connectivity index is 1.22. The molecule has 0 amide bonds. The van der Waals surface area contributed by atoms with E-state index in [1.807, 2.05) is 12.1 Å². The van der Waals surface area contributed by atoms with Gasteiger partial charge in [-0.3, -0.25) is 0 Å². The molecule has 1 aliphatic carbocycles. The summed E-state index contributed by atoms with van der Waals surface area (Å²) in [5, 5.41) is 5.02. The van der Waals surface area contributed by atoms with Gasteiger partial charge in [0.2, 0.25) is 0 Å². The highest BCUT2D eigenvalue weighted by molar-refractivity contribution is 6.29. The number of fused-ring (bicyclic) bond motifs is 5. The van der Waals surface area contributed by atoms with Gasteiger partial charge in [-0.2, -0.15) is 0 Å². The van der Waals surface area contributed by atoms with Crippen LogP contribution in [-0.4, -0.2) is 9.97 Å². The van der Waals surface area contributed by atoms with Crippen molar-refractivity contribution in [1.82, 2.24) is 9.97 Å². The Morgan fingerprint density at radius 1 is 0.259 bits per heavy atom. The minimum atomic E-state index is 0.876. The molecule has 0 unspecified atom stereocenters. The minimum Gasteiger partial charge on any atom is -0.244 e. The van der Waals surface area contributed by atoms with E-state index in [1.54, 1.807) is 0 Å². The second-order valence-corrected chi connectivity index (χ2v) is 14.0. The summed E-state index contributed by atoms with van der Waals surface area (Å²) in [4.78, 5) is 10.8. The van der Waals surface area contributed by atoms with Crippen LogP contribution in [0.4, 0.5) is 0 Å². The van der Waals surface area contributed by atoms with Crippen LogP contribution in [-0.2, 0) is 0 Å². The predicted molar refractivity (Wildman–Crippen MR) is 226 cm³/mol. The van der Waals surface area contributed by atoms with Crippen LogP contribution in [0.2, 0.25) is 0 Å². The van der Waals surface area contributed by atoms with Gasteiger partial charge in [0.15, 0.2) is 0 Å². The molecular formula is C52H32N2. The second kappa shape index (κ2) is 12.2. The number of rotatable bonds is 5. The summed E-state index contributed by atoms with van der Waals surface area (Å²) in [5.74, 6) is 0. The molecule has 11 rings (SSSR count). The summed E-state index contributed by atoms with van der Waals surface area (Å²) in [6.07, 6.45) is 0. The molecule has 1 heterocycles. The first-order chi connectivity index (χ1) is 26.8. The Morgan fingerprint density at radius 3 is 1.26 bits per heavy atom.